The quantitative estimate of drug-likeness (QED) is 0.689. The van der Waals surface area contributed by atoms with Crippen LogP contribution in [0.15, 0.2) is 83.7 Å². The highest BCUT2D eigenvalue weighted by Gasteiger charge is 2.38. The minimum absolute atomic E-state index is 0.000485. The third kappa shape index (κ3) is 2.95. The molecule has 0 amide bonds. The molecule has 0 unspecified atom stereocenters. The fourth-order valence-electron chi connectivity index (χ4n) is 3.74. The van der Waals surface area contributed by atoms with Gasteiger partial charge in [0.15, 0.2) is 0 Å². The maximum atomic E-state index is 11.9. The summed E-state index contributed by atoms with van der Waals surface area (Å²) >= 11 is 0. The molecule has 1 fully saturated rings. The number of nitrogens with one attached hydrogen (secondary N) is 1. The van der Waals surface area contributed by atoms with Gasteiger partial charge in [-0.2, -0.15) is 0 Å². The van der Waals surface area contributed by atoms with Gasteiger partial charge in [-0.05, 0) is 38.0 Å². The molecule has 2 atom stereocenters. The van der Waals surface area contributed by atoms with Crippen LogP contribution >= 0.6 is 7.92 Å². The van der Waals surface area contributed by atoms with Gasteiger partial charge in [0.05, 0.1) is 0 Å². The summed E-state index contributed by atoms with van der Waals surface area (Å²) in [4.78, 5) is 15.0. The van der Waals surface area contributed by atoms with Crippen LogP contribution in [0.5, 0.6) is 0 Å². The van der Waals surface area contributed by atoms with Gasteiger partial charge < -0.3 is 4.98 Å². The molecule has 3 aromatic rings. The third-order valence-corrected chi connectivity index (χ3v) is 8.06. The molecular formula is C21H20NOP. The molecule has 1 aromatic heterocycles. The number of rotatable bonds is 3. The zero-order chi connectivity index (χ0) is 16.4. The Bertz CT molecular complexity index is 812. The van der Waals surface area contributed by atoms with Gasteiger partial charge in [-0.15, -0.1) is 0 Å². The number of H-pyrrole nitrogens is 1. The van der Waals surface area contributed by atoms with Crippen molar-refractivity contribution in [2.45, 2.75) is 24.2 Å². The van der Waals surface area contributed by atoms with E-state index in [4.69, 9.17) is 0 Å². The summed E-state index contributed by atoms with van der Waals surface area (Å²) in [5.74, 6) is 0. The van der Waals surface area contributed by atoms with Crippen LogP contribution in [0.1, 0.15) is 35.3 Å². The average Bonchev–Trinajstić information content (AvgIpc) is 3.08. The summed E-state index contributed by atoms with van der Waals surface area (Å²) in [6, 6.07) is 27.1. The summed E-state index contributed by atoms with van der Waals surface area (Å²) in [6.07, 6.45) is 2.35. The van der Waals surface area contributed by atoms with Crippen LogP contribution in [-0.4, -0.2) is 4.98 Å². The lowest BCUT2D eigenvalue weighted by molar-refractivity contribution is 0.765. The van der Waals surface area contributed by atoms with Crippen LogP contribution in [0.3, 0.4) is 0 Å². The molecule has 1 aliphatic heterocycles. The highest BCUT2D eigenvalue weighted by atomic mass is 31.1. The molecule has 0 saturated carbocycles. The Labute approximate surface area is 143 Å². The second-order valence-corrected chi connectivity index (χ2v) is 8.78. The van der Waals surface area contributed by atoms with Crippen molar-refractivity contribution in [2.75, 3.05) is 0 Å². The minimum Gasteiger partial charge on any atom is -0.322 e. The van der Waals surface area contributed by atoms with E-state index < -0.39 is 7.92 Å². The number of aromatic amines is 1. The van der Waals surface area contributed by atoms with Crippen LogP contribution < -0.4 is 11.0 Å². The Hall–Kier alpha value is -2.18. The largest absolute Gasteiger partial charge is 0.322 e. The van der Waals surface area contributed by atoms with E-state index in [1.54, 1.807) is 6.07 Å². The van der Waals surface area contributed by atoms with E-state index in [0.29, 0.717) is 11.3 Å². The lowest BCUT2D eigenvalue weighted by atomic mass is 10.0. The molecule has 2 heterocycles. The first-order chi connectivity index (χ1) is 11.8. The number of pyridine rings is 1. The topological polar surface area (TPSA) is 32.9 Å². The molecule has 1 N–H and O–H groups in total. The smallest absolute Gasteiger partial charge is 0.248 e. The van der Waals surface area contributed by atoms with E-state index in [0.717, 1.165) is 5.44 Å². The fraction of sp³-hybridized carbons (Fsp3) is 0.190. The first-order valence-electron chi connectivity index (χ1n) is 8.40. The number of hydrogen-bond acceptors (Lipinski definition) is 1. The molecule has 24 heavy (non-hydrogen) atoms. The lowest BCUT2D eigenvalue weighted by Gasteiger charge is -2.26. The van der Waals surface area contributed by atoms with Crippen LogP contribution in [0.2, 0.25) is 0 Å². The van der Waals surface area contributed by atoms with Gasteiger partial charge in [0, 0.05) is 22.8 Å². The van der Waals surface area contributed by atoms with Gasteiger partial charge in [-0.3, -0.25) is 4.79 Å². The van der Waals surface area contributed by atoms with Crippen molar-refractivity contribution < 1.29 is 0 Å². The minimum atomic E-state index is -0.491. The van der Waals surface area contributed by atoms with E-state index in [-0.39, 0.29) is 5.56 Å². The number of benzene rings is 2. The molecule has 120 valence electrons. The summed E-state index contributed by atoms with van der Waals surface area (Å²) in [5, 5.41) is 0. The molecule has 2 aromatic carbocycles. The van der Waals surface area contributed by atoms with Crippen LogP contribution in [0.4, 0.5) is 0 Å². The van der Waals surface area contributed by atoms with E-state index in [9.17, 15) is 4.79 Å². The highest BCUT2D eigenvalue weighted by Crippen LogP contribution is 2.68. The van der Waals surface area contributed by atoms with Crippen LogP contribution in [-0.2, 0) is 0 Å². The third-order valence-electron chi connectivity index (χ3n) is 4.78. The Balaban J connectivity index is 1.80. The monoisotopic (exact) mass is 333 g/mol. The van der Waals surface area contributed by atoms with E-state index in [1.165, 1.54) is 24.0 Å². The Morgan fingerprint density at radius 3 is 1.75 bits per heavy atom. The van der Waals surface area contributed by atoms with Crippen molar-refractivity contribution in [2.24, 2.45) is 0 Å². The Morgan fingerprint density at radius 1 is 0.708 bits per heavy atom. The molecule has 0 aliphatic carbocycles. The van der Waals surface area contributed by atoms with E-state index >= 15 is 0 Å². The van der Waals surface area contributed by atoms with Gasteiger partial charge >= 0.3 is 0 Å². The first-order valence-corrected chi connectivity index (χ1v) is 9.88. The van der Waals surface area contributed by atoms with Crippen LogP contribution in [0, 0.1) is 0 Å². The Kier molecular flexibility index (Phi) is 4.32. The predicted molar refractivity (Wildman–Crippen MR) is 101 cm³/mol. The molecule has 2 nitrogen and oxygen atoms in total. The maximum Gasteiger partial charge on any atom is 0.248 e. The van der Waals surface area contributed by atoms with Crippen molar-refractivity contribution in [3.05, 3.63) is 100 Å². The van der Waals surface area contributed by atoms with Crippen molar-refractivity contribution in [1.82, 2.24) is 4.98 Å². The highest BCUT2D eigenvalue weighted by molar-refractivity contribution is 7.66. The van der Waals surface area contributed by atoms with E-state index in [1.807, 2.05) is 6.07 Å². The molecule has 4 rings (SSSR count). The predicted octanol–water partition coefficient (Wildman–Crippen LogP) is 4.76. The fourth-order valence-corrected chi connectivity index (χ4v) is 7.18. The average molecular weight is 333 g/mol. The van der Waals surface area contributed by atoms with E-state index in [2.05, 4.69) is 71.7 Å². The molecule has 0 bridgehead atoms. The van der Waals surface area contributed by atoms with Gasteiger partial charge in [-0.25, -0.2) is 0 Å². The summed E-state index contributed by atoms with van der Waals surface area (Å²) in [5.41, 5.74) is 4.92. The zero-order valence-electron chi connectivity index (χ0n) is 13.4. The zero-order valence-corrected chi connectivity index (χ0v) is 14.3. The van der Waals surface area contributed by atoms with Gasteiger partial charge in [-0.1, -0.05) is 66.7 Å². The molecule has 0 radical (unpaired) electrons. The summed E-state index contributed by atoms with van der Waals surface area (Å²) in [6.45, 7) is 0. The van der Waals surface area contributed by atoms with Crippen molar-refractivity contribution in [3.63, 3.8) is 0 Å². The van der Waals surface area contributed by atoms with Gasteiger partial charge in [0.2, 0.25) is 5.56 Å². The number of aromatic nitrogens is 1. The van der Waals surface area contributed by atoms with Crippen molar-refractivity contribution >= 4 is 13.4 Å². The normalized spacial score (nSPS) is 21.0. The van der Waals surface area contributed by atoms with Gasteiger partial charge in [0.25, 0.3) is 0 Å². The number of hydrogen-bond donors (Lipinski definition) is 1. The van der Waals surface area contributed by atoms with Crippen molar-refractivity contribution in [3.8, 4) is 0 Å². The second-order valence-electron chi connectivity index (χ2n) is 6.24. The first kappa shape index (κ1) is 15.4. The SMILES string of the molecule is O=c1cccc(P2[C@H](c3ccccc3)CC[C@H]2c2ccccc2)[nH]1. The molecule has 0 spiro atoms. The maximum absolute atomic E-state index is 11.9. The molecule has 1 saturated heterocycles. The second kappa shape index (κ2) is 6.75. The molecular weight excluding hydrogens is 313 g/mol. The van der Waals surface area contributed by atoms with Crippen LogP contribution in [0.25, 0.3) is 0 Å². The Morgan fingerprint density at radius 2 is 1.25 bits per heavy atom. The van der Waals surface area contributed by atoms with Gasteiger partial charge in [0.1, 0.15) is 0 Å². The summed E-state index contributed by atoms with van der Waals surface area (Å²) < 4.78 is 0. The molecule has 3 heteroatoms. The summed E-state index contributed by atoms with van der Waals surface area (Å²) in [7, 11) is -0.491. The molecule has 1 aliphatic rings. The standard InChI is InChI=1S/C21H20NOP/c23-20-12-7-13-21(22-20)24-18(16-8-3-1-4-9-16)14-15-19(24)17-10-5-2-6-11-17/h1-13,18-19H,14-15H2,(H,22,23)/t18-,19-/m0/s1. The lowest BCUT2D eigenvalue weighted by Crippen LogP contribution is -2.19. The van der Waals surface area contributed by atoms with Crippen molar-refractivity contribution in [1.29, 1.82) is 0 Å².